The molecule has 6 fully saturated rings. The molecule has 432 valence electrons. The van der Waals surface area contributed by atoms with E-state index < -0.39 is 85.0 Å². The molecular weight excluding hydrogens is 1100 g/mol. The molecule has 0 amide bonds. The van der Waals surface area contributed by atoms with E-state index in [2.05, 4.69) is 0 Å². The van der Waals surface area contributed by atoms with Gasteiger partial charge in [-0.05, 0) is 76.7 Å². The molecule has 6 unspecified atom stereocenters. The molecule has 0 bridgehead atoms. The van der Waals surface area contributed by atoms with E-state index >= 15 is 0 Å². The smallest absolute Gasteiger partial charge is 0.413 e. The molecular formula is C48H71N9O18Si4. The summed E-state index contributed by atoms with van der Waals surface area (Å²) in [5.74, 6) is 0. The van der Waals surface area contributed by atoms with Crippen LogP contribution in [0.15, 0.2) is 73.5 Å². The van der Waals surface area contributed by atoms with Crippen molar-refractivity contribution in [1.29, 1.82) is 0 Å². The first-order chi connectivity index (χ1) is 37.5. The molecule has 6 atom stereocenters. The largest absolute Gasteiger partial charge is 0.505 e. The second kappa shape index (κ2) is 22.7. The summed E-state index contributed by atoms with van der Waals surface area (Å²) >= 11 is 0. The normalized spacial score (nSPS) is 22.9. The van der Waals surface area contributed by atoms with Gasteiger partial charge in [0.15, 0.2) is 25.0 Å². The fourth-order valence-corrected chi connectivity index (χ4v) is 26.6. The summed E-state index contributed by atoms with van der Waals surface area (Å²) in [4.78, 5) is 124. The summed E-state index contributed by atoms with van der Waals surface area (Å²) in [5, 5.41) is 0.680. The number of benzene rings is 1. The minimum atomic E-state index is -4.11. The molecule has 79 heavy (non-hydrogen) atoms. The summed E-state index contributed by atoms with van der Waals surface area (Å²) in [6, 6.07) is 10.7. The fourth-order valence-electron chi connectivity index (χ4n) is 9.94. The highest BCUT2D eigenvalue weighted by atomic mass is 28.5. The Hall–Kier alpha value is -5.04. The fraction of sp³-hybridized carbons (Fsp3) is 0.688. The third-order valence-corrected chi connectivity index (χ3v) is 30.3. The predicted molar refractivity (Wildman–Crippen MR) is 292 cm³/mol. The van der Waals surface area contributed by atoms with E-state index in [9.17, 15) is 43.2 Å². The molecule has 6 aliphatic heterocycles. The molecule has 4 aromatic rings. The Labute approximate surface area is 455 Å². The van der Waals surface area contributed by atoms with Gasteiger partial charge in [-0.2, -0.15) is 0 Å². The van der Waals surface area contributed by atoms with E-state index in [0.717, 1.165) is 41.1 Å². The lowest BCUT2D eigenvalue weighted by atomic mass is 10.4. The summed E-state index contributed by atoms with van der Waals surface area (Å²) in [6.45, 7) is 14.6. The zero-order valence-corrected chi connectivity index (χ0v) is 49.6. The van der Waals surface area contributed by atoms with Gasteiger partial charge in [-0.15, -0.1) is 0 Å². The van der Waals surface area contributed by atoms with E-state index in [1.54, 1.807) is 0 Å². The molecule has 1 aromatic carbocycles. The molecule has 10 rings (SSSR count). The number of rotatable bonds is 31. The molecule has 0 aliphatic carbocycles. The number of hydrogen-bond donors (Lipinski definition) is 0. The van der Waals surface area contributed by atoms with Crippen LogP contribution in [0.25, 0.3) is 0 Å². The highest BCUT2D eigenvalue weighted by Gasteiger charge is 2.54. The van der Waals surface area contributed by atoms with E-state index in [1.165, 1.54) is 0 Å². The second-order valence-electron chi connectivity index (χ2n) is 23.2. The maximum absolute atomic E-state index is 13.9. The van der Waals surface area contributed by atoms with Crippen molar-refractivity contribution in [1.82, 2.24) is 41.1 Å². The standard InChI is InChI=1S/C48H71N9O18Si4/c1-76(2,18-10-15-49-40(58)52(21-33-27-67-33)46(64)53(41(49)59)22-34-28-68-34)73-79(39-13-8-7-9-14-39,74-77(3,4)19-11-16-50-42(60)54(23-35-29-69-35)47(65)55(43(50)61)24-36-30-70-36)75-78(5,6)20-12-17-51-44(62)56(25-37-31-71-37)48(66)57(45(51)63)26-38-32-72-38/h7-9,13-14,33-38H,10-12,15-32H2,1-6H3. The Kier molecular flexibility index (Phi) is 16.4. The van der Waals surface area contributed by atoms with Crippen molar-refractivity contribution in [2.45, 2.75) is 172 Å². The van der Waals surface area contributed by atoms with Crippen LogP contribution in [0.1, 0.15) is 19.3 Å². The van der Waals surface area contributed by atoms with E-state index in [4.69, 9.17) is 40.8 Å². The number of nitrogens with zero attached hydrogens (tertiary/aromatic N) is 9. The quantitative estimate of drug-likeness (QED) is 0.0375. The zero-order chi connectivity index (χ0) is 56.2. The molecule has 31 heteroatoms. The molecule has 6 saturated heterocycles. The van der Waals surface area contributed by atoms with Crippen molar-refractivity contribution in [3.63, 3.8) is 0 Å². The van der Waals surface area contributed by atoms with Crippen LogP contribution < -0.4 is 56.4 Å². The van der Waals surface area contributed by atoms with Gasteiger partial charge in [0.1, 0.15) is 0 Å². The van der Waals surface area contributed by atoms with E-state index in [-0.39, 0.29) is 95.5 Å². The Morgan fingerprint density at radius 3 is 0.759 bits per heavy atom. The molecule has 9 heterocycles. The topological polar surface area (TPSA) is 301 Å². The van der Waals surface area contributed by atoms with Crippen LogP contribution in [0.4, 0.5) is 0 Å². The maximum Gasteiger partial charge on any atom is 0.505 e. The summed E-state index contributed by atoms with van der Waals surface area (Å²) in [5.41, 5.74) is -6.44. The SMILES string of the molecule is C[Si](C)(CCCn1c(=O)n(CC2CO2)c(=O)n(CC2CO2)c1=O)O[Si](O[Si](C)(C)CCCn1c(=O)n(CC2CO2)c(=O)n(CC2CO2)c1=O)(O[Si](C)(C)CCCn1c(=O)n(CC2CO2)c(=O)n(CC2CO2)c1=O)c1ccccc1. The molecule has 0 radical (unpaired) electrons. The van der Waals surface area contributed by atoms with Gasteiger partial charge in [-0.1, -0.05) is 30.3 Å². The average Bonchev–Trinajstić information content (AvgIpc) is 4.22. The van der Waals surface area contributed by atoms with Crippen LogP contribution in [-0.4, -0.2) is 151 Å². The van der Waals surface area contributed by atoms with Crippen LogP contribution >= 0.6 is 0 Å². The van der Waals surface area contributed by atoms with Gasteiger partial charge >= 0.3 is 60.0 Å². The minimum Gasteiger partial charge on any atom is -0.413 e. The van der Waals surface area contributed by atoms with Crippen molar-refractivity contribution in [2.24, 2.45) is 0 Å². The molecule has 0 saturated carbocycles. The van der Waals surface area contributed by atoms with Crippen molar-refractivity contribution in [2.75, 3.05) is 39.6 Å². The Morgan fingerprint density at radius 1 is 0.354 bits per heavy atom. The number of epoxide rings is 6. The molecule has 0 N–H and O–H groups in total. The number of ether oxygens (including phenoxy) is 6. The summed E-state index contributed by atoms with van der Waals surface area (Å²) in [7, 11) is -13.1. The average molecular weight is 1170 g/mol. The van der Waals surface area contributed by atoms with Gasteiger partial charge in [0.25, 0.3) is 0 Å². The molecule has 6 aliphatic rings. The third kappa shape index (κ3) is 14.0. The Balaban J connectivity index is 0.934. The van der Waals surface area contributed by atoms with Gasteiger partial charge in [-0.3, -0.25) is 0 Å². The molecule has 0 spiro atoms. The van der Waals surface area contributed by atoms with Crippen molar-refractivity contribution < 1.29 is 40.8 Å². The zero-order valence-electron chi connectivity index (χ0n) is 45.6. The highest BCUT2D eigenvalue weighted by Crippen LogP contribution is 2.32. The van der Waals surface area contributed by atoms with Gasteiger partial charge in [0.05, 0.1) is 116 Å². The number of hydrogen-bond acceptors (Lipinski definition) is 18. The summed E-state index contributed by atoms with van der Waals surface area (Å²) < 4.78 is 64.3. The first-order valence-electron chi connectivity index (χ1n) is 27.2. The van der Waals surface area contributed by atoms with E-state index in [0.29, 0.717) is 82.2 Å². The lowest BCUT2D eigenvalue weighted by molar-refractivity contribution is 0.266. The van der Waals surface area contributed by atoms with Gasteiger partial charge in [-0.25, -0.2) is 84.3 Å². The van der Waals surface area contributed by atoms with Crippen LogP contribution in [0.2, 0.25) is 57.4 Å². The van der Waals surface area contributed by atoms with Gasteiger partial charge in [0, 0.05) is 24.8 Å². The van der Waals surface area contributed by atoms with E-state index in [1.807, 2.05) is 69.6 Å². The minimum absolute atomic E-state index is 0.0115. The third-order valence-electron chi connectivity index (χ3n) is 14.7. The van der Waals surface area contributed by atoms with Crippen LogP contribution in [0.3, 0.4) is 0 Å². The van der Waals surface area contributed by atoms with Crippen LogP contribution in [-0.2, 0) is 99.7 Å². The van der Waals surface area contributed by atoms with Gasteiger partial charge < -0.3 is 40.8 Å². The Bertz CT molecular complexity index is 3000. The van der Waals surface area contributed by atoms with Crippen LogP contribution in [0.5, 0.6) is 0 Å². The first-order valence-corrected chi connectivity index (χ1v) is 38.3. The maximum atomic E-state index is 13.9. The van der Waals surface area contributed by atoms with Gasteiger partial charge in [0.2, 0.25) is 0 Å². The van der Waals surface area contributed by atoms with Crippen molar-refractivity contribution >= 4 is 38.9 Å². The monoisotopic (exact) mass is 1170 g/mol. The first kappa shape index (κ1) is 57.2. The van der Waals surface area contributed by atoms with Crippen molar-refractivity contribution in [3.8, 4) is 0 Å². The Morgan fingerprint density at radius 2 is 0.557 bits per heavy atom. The predicted octanol–water partition coefficient (Wildman–Crippen LogP) is -2.38. The molecule has 27 nitrogen and oxygen atoms in total. The highest BCUT2D eigenvalue weighted by molar-refractivity contribution is 6.96. The van der Waals surface area contributed by atoms with Crippen LogP contribution in [0, 0.1) is 0 Å². The second-order valence-corrected chi connectivity index (χ2v) is 39.4. The number of aromatic nitrogens is 9. The summed E-state index contributed by atoms with van der Waals surface area (Å²) in [6.07, 6.45) is -0.857. The molecule has 3 aromatic heterocycles. The van der Waals surface area contributed by atoms with Crippen molar-refractivity contribution in [3.05, 3.63) is 125 Å². The lowest BCUT2D eigenvalue weighted by Gasteiger charge is -2.45. The lowest BCUT2D eigenvalue weighted by Crippen LogP contribution is -2.68.